The van der Waals surface area contributed by atoms with Gasteiger partial charge in [0.2, 0.25) is 5.82 Å². The number of anilines is 3. The second kappa shape index (κ2) is 9.28. The van der Waals surface area contributed by atoms with Crippen LogP contribution in [0.3, 0.4) is 0 Å². The van der Waals surface area contributed by atoms with Crippen LogP contribution in [-0.2, 0) is 0 Å². The van der Waals surface area contributed by atoms with E-state index in [0.717, 1.165) is 37.7 Å². The molecule has 9 nitrogen and oxygen atoms in total. The highest BCUT2D eigenvalue weighted by molar-refractivity contribution is 5.74. The number of phenolic OH excluding ortho intramolecular Hbond substituents is 1. The van der Waals surface area contributed by atoms with E-state index < -0.39 is 0 Å². The third-order valence-corrected chi connectivity index (χ3v) is 5.03. The van der Waals surface area contributed by atoms with E-state index in [0.29, 0.717) is 29.4 Å². The fourth-order valence-electron chi connectivity index (χ4n) is 3.44. The lowest BCUT2D eigenvalue weighted by atomic mass is 10.1. The van der Waals surface area contributed by atoms with Crippen molar-refractivity contribution in [1.82, 2.24) is 25.5 Å². The monoisotopic (exact) mass is 416 g/mol. The molecule has 2 aromatic heterocycles. The van der Waals surface area contributed by atoms with Gasteiger partial charge < -0.3 is 26.0 Å². The molecule has 1 aliphatic rings. The van der Waals surface area contributed by atoms with Crippen LogP contribution in [0.25, 0.3) is 11.3 Å². The van der Waals surface area contributed by atoms with Gasteiger partial charge in [0.05, 0.1) is 17.9 Å². The molecule has 4 rings (SSSR count). The number of hydrogen-bond donors (Lipinski definition) is 3. The summed E-state index contributed by atoms with van der Waals surface area (Å²) in [6.07, 6.45) is 1.74. The number of nitrogens with two attached hydrogens (primary N) is 1. The molecule has 3 aromatic rings. The molecular weight excluding hydrogens is 392 g/mol. The van der Waals surface area contributed by atoms with Gasteiger partial charge >= 0.3 is 0 Å². The maximum Gasteiger partial charge on any atom is 0.206 e. The molecule has 1 aromatic carbocycles. The summed E-state index contributed by atoms with van der Waals surface area (Å²) in [5.74, 6) is 7.86. The molecular formula is C22H24N8O. The Balaban J connectivity index is 1.48. The van der Waals surface area contributed by atoms with Gasteiger partial charge in [0.1, 0.15) is 11.6 Å². The molecule has 9 heteroatoms. The number of aromatic nitrogens is 4. The first-order chi connectivity index (χ1) is 15.2. The van der Waals surface area contributed by atoms with E-state index in [2.05, 4.69) is 47.1 Å². The van der Waals surface area contributed by atoms with E-state index in [9.17, 15) is 5.11 Å². The molecule has 3 heterocycles. The normalized spacial score (nSPS) is 13.6. The molecule has 1 saturated heterocycles. The Hall–Kier alpha value is -3.90. The molecule has 0 unspecified atom stereocenters. The number of piperazine rings is 1. The highest BCUT2D eigenvalue weighted by Gasteiger charge is 2.22. The van der Waals surface area contributed by atoms with Crippen LogP contribution in [-0.4, -0.2) is 65.0 Å². The number of hydrogen-bond acceptors (Lipinski definition) is 9. The highest BCUT2D eigenvalue weighted by Crippen LogP contribution is 2.31. The topological polar surface area (TPSA) is 116 Å². The van der Waals surface area contributed by atoms with Crippen molar-refractivity contribution in [3.63, 3.8) is 0 Å². The van der Waals surface area contributed by atoms with Crippen molar-refractivity contribution in [2.75, 3.05) is 55.3 Å². The molecule has 0 amide bonds. The maximum absolute atomic E-state index is 10.1. The number of aromatic hydroxyl groups is 1. The summed E-state index contributed by atoms with van der Waals surface area (Å²) in [5.41, 5.74) is 8.16. The fraction of sp³-hybridized carbons (Fsp3) is 0.273. The number of nitrogens with one attached hydrogen (secondary N) is 1. The average molecular weight is 416 g/mol. The Bertz CT molecular complexity index is 1120. The summed E-state index contributed by atoms with van der Waals surface area (Å²) in [6.45, 7) is 3.64. The standard InChI is InChI=1S/C22H24N8O/c1-24-9-4-7-20-25-10-8-21(26-20)30-13-11-29(12-14-30)18-15-17(27-28-22(18)23)16-5-2-3-6-19(16)31/h2-3,5-6,8,10,15,24,31H,9,11-14H2,1H3,(H2,23,28). The van der Waals surface area contributed by atoms with Crippen LogP contribution >= 0.6 is 0 Å². The van der Waals surface area contributed by atoms with Crippen molar-refractivity contribution < 1.29 is 5.11 Å². The number of benzene rings is 1. The summed E-state index contributed by atoms with van der Waals surface area (Å²) >= 11 is 0. The lowest BCUT2D eigenvalue weighted by Gasteiger charge is -2.36. The van der Waals surface area contributed by atoms with Crippen LogP contribution in [0.2, 0.25) is 0 Å². The van der Waals surface area contributed by atoms with E-state index in [4.69, 9.17) is 5.73 Å². The molecule has 31 heavy (non-hydrogen) atoms. The summed E-state index contributed by atoms with van der Waals surface area (Å²) in [6, 6.07) is 10.8. The van der Waals surface area contributed by atoms with Crippen molar-refractivity contribution in [2.45, 2.75) is 0 Å². The summed E-state index contributed by atoms with van der Waals surface area (Å²) < 4.78 is 0. The lowest BCUT2D eigenvalue weighted by Crippen LogP contribution is -2.47. The van der Waals surface area contributed by atoms with Crippen LogP contribution in [0.4, 0.5) is 17.3 Å². The maximum atomic E-state index is 10.1. The van der Waals surface area contributed by atoms with Crippen molar-refractivity contribution in [3.8, 4) is 28.8 Å². The molecule has 1 fully saturated rings. The second-order valence-electron chi connectivity index (χ2n) is 7.06. The van der Waals surface area contributed by atoms with Gasteiger partial charge in [0.25, 0.3) is 0 Å². The Labute approximate surface area is 181 Å². The van der Waals surface area contributed by atoms with Crippen molar-refractivity contribution in [1.29, 1.82) is 0 Å². The van der Waals surface area contributed by atoms with Gasteiger partial charge in [-0.2, -0.15) is 0 Å². The lowest BCUT2D eigenvalue weighted by molar-refractivity contribution is 0.477. The third kappa shape index (κ3) is 4.65. The largest absolute Gasteiger partial charge is 0.507 e. The predicted molar refractivity (Wildman–Crippen MR) is 121 cm³/mol. The first-order valence-electron chi connectivity index (χ1n) is 10.0. The van der Waals surface area contributed by atoms with Crippen molar-refractivity contribution >= 4 is 17.3 Å². The number of phenols is 1. The first-order valence-corrected chi connectivity index (χ1v) is 10.0. The van der Waals surface area contributed by atoms with Crippen LogP contribution in [0.1, 0.15) is 5.82 Å². The Morgan fingerprint density at radius 1 is 1.10 bits per heavy atom. The molecule has 0 bridgehead atoms. The highest BCUT2D eigenvalue weighted by atomic mass is 16.3. The smallest absolute Gasteiger partial charge is 0.206 e. The van der Waals surface area contributed by atoms with Crippen molar-refractivity contribution in [3.05, 3.63) is 48.4 Å². The van der Waals surface area contributed by atoms with Gasteiger partial charge in [-0.25, -0.2) is 9.97 Å². The van der Waals surface area contributed by atoms with Gasteiger partial charge in [-0.1, -0.05) is 18.1 Å². The molecule has 0 saturated carbocycles. The third-order valence-electron chi connectivity index (χ3n) is 5.03. The SMILES string of the molecule is CNCC#Cc1nccc(N2CCN(c3cc(-c4ccccc4O)nnc3N)CC2)n1. The van der Waals surface area contributed by atoms with Gasteiger partial charge in [-0.3, -0.25) is 0 Å². The van der Waals surface area contributed by atoms with Crippen LogP contribution < -0.4 is 20.9 Å². The Kier molecular flexibility index (Phi) is 6.10. The summed E-state index contributed by atoms with van der Waals surface area (Å²) in [5, 5.41) is 21.4. The van der Waals surface area contributed by atoms with Gasteiger partial charge in [0, 0.05) is 37.9 Å². The molecule has 0 radical (unpaired) electrons. The van der Waals surface area contributed by atoms with E-state index in [-0.39, 0.29) is 5.75 Å². The minimum atomic E-state index is 0.162. The molecule has 1 aliphatic heterocycles. The quantitative estimate of drug-likeness (QED) is 0.538. The molecule has 0 atom stereocenters. The van der Waals surface area contributed by atoms with E-state index in [1.54, 1.807) is 18.3 Å². The molecule has 158 valence electrons. The van der Waals surface area contributed by atoms with E-state index >= 15 is 0 Å². The number of para-hydroxylation sites is 1. The second-order valence-corrected chi connectivity index (χ2v) is 7.06. The summed E-state index contributed by atoms with van der Waals surface area (Å²) in [7, 11) is 1.85. The Morgan fingerprint density at radius 2 is 1.87 bits per heavy atom. The van der Waals surface area contributed by atoms with Crippen LogP contribution in [0.5, 0.6) is 5.75 Å². The van der Waals surface area contributed by atoms with Gasteiger partial charge in [-0.05, 0) is 37.2 Å². The minimum absolute atomic E-state index is 0.162. The average Bonchev–Trinajstić information content (AvgIpc) is 2.80. The van der Waals surface area contributed by atoms with Crippen molar-refractivity contribution in [2.24, 2.45) is 0 Å². The zero-order chi connectivity index (χ0) is 21.6. The van der Waals surface area contributed by atoms with Crippen LogP contribution in [0, 0.1) is 11.8 Å². The number of rotatable bonds is 4. The molecule has 0 spiro atoms. The number of nitrogen functional groups attached to an aromatic ring is 1. The molecule has 4 N–H and O–H groups in total. The predicted octanol–water partition coefficient (Wildman–Crippen LogP) is 1.12. The summed E-state index contributed by atoms with van der Waals surface area (Å²) in [4.78, 5) is 13.2. The van der Waals surface area contributed by atoms with Gasteiger partial charge in [-0.15, -0.1) is 10.2 Å². The zero-order valence-electron chi connectivity index (χ0n) is 17.3. The number of nitrogens with zero attached hydrogens (tertiary/aromatic N) is 6. The zero-order valence-corrected chi connectivity index (χ0v) is 17.3. The fourth-order valence-corrected chi connectivity index (χ4v) is 3.44. The van der Waals surface area contributed by atoms with E-state index in [1.165, 1.54) is 0 Å². The van der Waals surface area contributed by atoms with Gasteiger partial charge in [0.15, 0.2) is 5.82 Å². The van der Waals surface area contributed by atoms with Crippen LogP contribution in [0.15, 0.2) is 42.6 Å². The first kappa shape index (κ1) is 20.4. The molecule has 0 aliphatic carbocycles. The van der Waals surface area contributed by atoms with E-state index in [1.807, 2.05) is 31.3 Å². The minimum Gasteiger partial charge on any atom is -0.507 e. The Morgan fingerprint density at radius 3 is 2.65 bits per heavy atom.